The lowest BCUT2D eigenvalue weighted by molar-refractivity contribution is -0.135. The second-order valence-electron chi connectivity index (χ2n) is 6.52. The monoisotopic (exact) mass is 406 g/mol. The van der Waals surface area contributed by atoms with Crippen LogP contribution in [0.25, 0.3) is 0 Å². The Bertz CT molecular complexity index is 869. The van der Waals surface area contributed by atoms with Crippen molar-refractivity contribution in [1.29, 1.82) is 0 Å². The topological polar surface area (TPSA) is 95.9 Å². The van der Waals surface area contributed by atoms with Crippen molar-refractivity contribution in [2.75, 3.05) is 7.11 Å². The summed E-state index contributed by atoms with van der Waals surface area (Å²) in [7, 11) is -2.53. The predicted molar refractivity (Wildman–Crippen MR) is 105 cm³/mol. The van der Waals surface area contributed by atoms with E-state index in [4.69, 9.17) is 4.74 Å². The molecule has 0 saturated heterocycles. The number of nitrogens with one attached hydrogen (secondary N) is 1. The average Bonchev–Trinajstić information content (AvgIpc) is 2.73. The highest BCUT2D eigenvalue weighted by Gasteiger charge is 2.38. The standard InChI is InChI=1S/C20H26N2O5S/c1-4-15(2)19(20(23)21-24)22(14-16-8-6-5-7-9-16)28(25,26)18-12-10-17(27-3)11-13-18/h5-13,15,19,24H,4,14H2,1-3H3,(H,21,23)/t15-,19+/m0/s1. The van der Waals surface area contributed by atoms with E-state index >= 15 is 0 Å². The number of ether oxygens (including phenoxy) is 1. The molecular weight excluding hydrogens is 380 g/mol. The number of hydrogen-bond acceptors (Lipinski definition) is 5. The van der Waals surface area contributed by atoms with Crippen LogP contribution in [0.15, 0.2) is 59.5 Å². The van der Waals surface area contributed by atoms with Gasteiger partial charge in [0, 0.05) is 6.54 Å². The molecule has 2 N–H and O–H groups in total. The summed E-state index contributed by atoms with van der Waals surface area (Å²) in [5.74, 6) is -0.550. The van der Waals surface area contributed by atoms with Crippen molar-refractivity contribution in [3.63, 3.8) is 0 Å². The first kappa shape index (κ1) is 21.9. The van der Waals surface area contributed by atoms with E-state index in [2.05, 4.69) is 0 Å². The third-order valence-electron chi connectivity index (χ3n) is 4.72. The van der Waals surface area contributed by atoms with E-state index in [0.29, 0.717) is 12.2 Å². The van der Waals surface area contributed by atoms with E-state index in [-0.39, 0.29) is 17.4 Å². The van der Waals surface area contributed by atoms with E-state index in [0.717, 1.165) is 9.87 Å². The normalized spacial score (nSPS) is 13.8. The number of nitrogens with zero attached hydrogens (tertiary/aromatic N) is 1. The maximum absolute atomic E-state index is 13.4. The minimum absolute atomic E-state index is 0.00235. The van der Waals surface area contributed by atoms with Crippen LogP contribution >= 0.6 is 0 Å². The van der Waals surface area contributed by atoms with Gasteiger partial charge in [-0.3, -0.25) is 10.0 Å². The minimum atomic E-state index is -4.03. The number of amides is 1. The van der Waals surface area contributed by atoms with Crippen LogP contribution in [0, 0.1) is 5.92 Å². The van der Waals surface area contributed by atoms with Crippen LogP contribution in [0.4, 0.5) is 0 Å². The lowest BCUT2D eigenvalue weighted by Crippen LogP contribution is -2.51. The highest BCUT2D eigenvalue weighted by atomic mass is 32.2. The van der Waals surface area contributed by atoms with Gasteiger partial charge in [0.1, 0.15) is 11.8 Å². The van der Waals surface area contributed by atoms with E-state index in [1.54, 1.807) is 48.8 Å². The maximum atomic E-state index is 13.4. The molecule has 0 radical (unpaired) electrons. The summed E-state index contributed by atoms with van der Waals surface area (Å²) in [6, 6.07) is 13.9. The van der Waals surface area contributed by atoms with E-state index in [1.807, 2.05) is 13.0 Å². The van der Waals surface area contributed by atoms with Crippen LogP contribution in [0.5, 0.6) is 5.75 Å². The number of sulfonamides is 1. The van der Waals surface area contributed by atoms with Crippen LogP contribution in [0.3, 0.4) is 0 Å². The Morgan fingerprint density at radius 2 is 1.75 bits per heavy atom. The molecule has 0 aromatic heterocycles. The Morgan fingerprint density at radius 1 is 1.14 bits per heavy atom. The molecule has 2 aromatic carbocycles. The number of hydroxylamine groups is 1. The molecule has 2 atom stereocenters. The Labute approximate surface area is 166 Å². The van der Waals surface area contributed by atoms with Crippen molar-refractivity contribution in [2.24, 2.45) is 5.92 Å². The Kier molecular flexibility index (Phi) is 7.56. The molecule has 0 unspecified atom stereocenters. The molecular formula is C20H26N2O5S. The van der Waals surface area contributed by atoms with Crippen LogP contribution in [0.1, 0.15) is 25.8 Å². The molecule has 0 fully saturated rings. The highest BCUT2D eigenvalue weighted by molar-refractivity contribution is 7.89. The smallest absolute Gasteiger partial charge is 0.262 e. The zero-order chi connectivity index (χ0) is 20.7. The molecule has 0 aliphatic heterocycles. The first-order chi connectivity index (χ1) is 13.3. The molecule has 0 saturated carbocycles. The van der Waals surface area contributed by atoms with Gasteiger partial charge in [-0.25, -0.2) is 13.9 Å². The van der Waals surface area contributed by atoms with Gasteiger partial charge in [0.2, 0.25) is 10.0 Å². The SMILES string of the molecule is CC[C@H](C)[C@H](C(=O)NO)N(Cc1ccccc1)S(=O)(=O)c1ccc(OC)cc1. The molecule has 8 heteroatoms. The van der Waals surface area contributed by atoms with Crippen molar-refractivity contribution in [2.45, 2.75) is 37.8 Å². The van der Waals surface area contributed by atoms with Crippen molar-refractivity contribution in [3.05, 3.63) is 60.2 Å². The van der Waals surface area contributed by atoms with E-state index < -0.39 is 22.0 Å². The van der Waals surface area contributed by atoms with Gasteiger partial charge in [0.05, 0.1) is 12.0 Å². The number of methoxy groups -OCH3 is 1. The third-order valence-corrected chi connectivity index (χ3v) is 6.56. The van der Waals surface area contributed by atoms with Gasteiger partial charge in [-0.1, -0.05) is 50.6 Å². The van der Waals surface area contributed by atoms with Crippen LogP contribution in [-0.4, -0.2) is 37.0 Å². The zero-order valence-corrected chi connectivity index (χ0v) is 17.0. The third kappa shape index (κ3) is 4.89. The lowest BCUT2D eigenvalue weighted by Gasteiger charge is -2.33. The molecule has 0 spiro atoms. The molecule has 0 aliphatic rings. The van der Waals surface area contributed by atoms with E-state index in [9.17, 15) is 18.4 Å². The number of carbonyl (C=O) groups excluding carboxylic acids is 1. The number of hydrogen-bond donors (Lipinski definition) is 2. The first-order valence-corrected chi connectivity index (χ1v) is 10.4. The molecule has 7 nitrogen and oxygen atoms in total. The maximum Gasteiger partial charge on any atom is 0.262 e. The molecule has 0 heterocycles. The summed E-state index contributed by atoms with van der Waals surface area (Å²) in [5, 5.41) is 9.23. The lowest BCUT2D eigenvalue weighted by atomic mass is 9.98. The fourth-order valence-electron chi connectivity index (χ4n) is 2.94. The van der Waals surface area contributed by atoms with Gasteiger partial charge in [-0.2, -0.15) is 4.31 Å². The fourth-order valence-corrected chi connectivity index (χ4v) is 4.61. The number of carbonyl (C=O) groups is 1. The van der Waals surface area contributed by atoms with Gasteiger partial charge < -0.3 is 4.74 Å². The predicted octanol–water partition coefficient (Wildman–Crippen LogP) is 2.81. The number of benzene rings is 2. The molecule has 1 amide bonds. The average molecular weight is 407 g/mol. The molecule has 0 bridgehead atoms. The first-order valence-electron chi connectivity index (χ1n) is 8.98. The van der Waals surface area contributed by atoms with Crippen molar-refractivity contribution >= 4 is 15.9 Å². The summed E-state index contributed by atoms with van der Waals surface area (Å²) in [4.78, 5) is 12.5. The van der Waals surface area contributed by atoms with Gasteiger partial charge in [-0.15, -0.1) is 0 Å². The van der Waals surface area contributed by atoms with Gasteiger partial charge in [-0.05, 0) is 35.7 Å². The quantitative estimate of drug-likeness (QED) is 0.493. The highest BCUT2D eigenvalue weighted by Crippen LogP contribution is 2.27. The second-order valence-corrected chi connectivity index (χ2v) is 8.41. The molecule has 28 heavy (non-hydrogen) atoms. The summed E-state index contributed by atoms with van der Waals surface area (Å²) in [6.07, 6.45) is 0.557. The Balaban J connectivity index is 2.55. The molecule has 2 aromatic rings. The fraction of sp³-hybridized carbons (Fsp3) is 0.350. The van der Waals surface area contributed by atoms with Crippen molar-refractivity contribution in [1.82, 2.24) is 9.79 Å². The summed E-state index contributed by atoms with van der Waals surface area (Å²) in [6.45, 7) is 3.64. The Morgan fingerprint density at radius 3 is 2.25 bits per heavy atom. The summed E-state index contributed by atoms with van der Waals surface area (Å²) >= 11 is 0. The molecule has 2 rings (SSSR count). The second kappa shape index (κ2) is 9.68. The van der Waals surface area contributed by atoms with Crippen LogP contribution in [0.2, 0.25) is 0 Å². The van der Waals surface area contributed by atoms with E-state index in [1.165, 1.54) is 19.2 Å². The largest absolute Gasteiger partial charge is 0.497 e. The van der Waals surface area contributed by atoms with Gasteiger partial charge >= 0.3 is 0 Å². The van der Waals surface area contributed by atoms with Crippen molar-refractivity contribution < 1.29 is 23.2 Å². The van der Waals surface area contributed by atoms with Gasteiger partial charge in [0.15, 0.2) is 0 Å². The molecule has 152 valence electrons. The zero-order valence-electron chi connectivity index (χ0n) is 16.2. The van der Waals surface area contributed by atoms with Crippen LogP contribution in [-0.2, 0) is 21.4 Å². The molecule has 0 aliphatic carbocycles. The van der Waals surface area contributed by atoms with Gasteiger partial charge in [0.25, 0.3) is 5.91 Å². The van der Waals surface area contributed by atoms with Crippen LogP contribution < -0.4 is 10.2 Å². The van der Waals surface area contributed by atoms with Crippen molar-refractivity contribution in [3.8, 4) is 5.75 Å². The summed E-state index contributed by atoms with van der Waals surface area (Å²) < 4.78 is 33.1. The minimum Gasteiger partial charge on any atom is -0.497 e. The summed E-state index contributed by atoms with van der Waals surface area (Å²) in [5.41, 5.74) is 2.36. The number of rotatable bonds is 9. The Hall–Kier alpha value is -2.42.